The second-order valence-electron chi connectivity index (χ2n) is 5.05. The van der Waals surface area contributed by atoms with Crippen LogP contribution >= 0.6 is 11.8 Å². The fourth-order valence-corrected chi connectivity index (χ4v) is 3.66. The molecule has 0 saturated heterocycles. The molecule has 22 heavy (non-hydrogen) atoms. The predicted molar refractivity (Wildman–Crippen MR) is 84.9 cm³/mol. The van der Waals surface area contributed by atoms with Crippen molar-refractivity contribution >= 4 is 17.7 Å². The molecule has 0 bridgehead atoms. The number of ether oxygens (including phenoxy) is 1. The molecule has 1 aliphatic rings. The summed E-state index contributed by atoms with van der Waals surface area (Å²) in [5, 5.41) is 3.00. The van der Waals surface area contributed by atoms with E-state index >= 15 is 0 Å². The van der Waals surface area contributed by atoms with Gasteiger partial charge in [-0.15, -0.1) is 11.8 Å². The van der Waals surface area contributed by atoms with Crippen LogP contribution in [0.25, 0.3) is 0 Å². The van der Waals surface area contributed by atoms with E-state index < -0.39 is 0 Å². The van der Waals surface area contributed by atoms with Gasteiger partial charge in [-0.1, -0.05) is 12.1 Å². The van der Waals surface area contributed by atoms with Crippen molar-refractivity contribution in [2.75, 3.05) is 12.9 Å². The zero-order chi connectivity index (χ0) is 15.5. The van der Waals surface area contributed by atoms with Gasteiger partial charge in [-0.25, -0.2) is 4.39 Å². The van der Waals surface area contributed by atoms with Crippen molar-refractivity contribution in [2.45, 2.75) is 17.4 Å². The van der Waals surface area contributed by atoms with Crippen LogP contribution in [0.4, 0.5) is 4.39 Å². The van der Waals surface area contributed by atoms with Gasteiger partial charge < -0.3 is 10.1 Å². The average Bonchev–Trinajstić information content (AvgIpc) is 2.56. The second kappa shape index (κ2) is 6.40. The van der Waals surface area contributed by atoms with Gasteiger partial charge in [0.2, 0.25) is 0 Å². The largest absolute Gasteiger partial charge is 0.497 e. The maximum atomic E-state index is 13.8. The topological polar surface area (TPSA) is 38.3 Å². The van der Waals surface area contributed by atoms with Crippen molar-refractivity contribution in [1.29, 1.82) is 0 Å². The molecule has 0 unspecified atom stereocenters. The highest BCUT2D eigenvalue weighted by Gasteiger charge is 2.24. The number of carbonyl (C=O) groups is 1. The molecular weight excluding hydrogens is 301 g/mol. The number of carbonyl (C=O) groups excluding carboxylic acids is 1. The minimum absolute atomic E-state index is 0.151. The maximum Gasteiger partial charge on any atom is 0.251 e. The summed E-state index contributed by atoms with van der Waals surface area (Å²) < 4.78 is 18.9. The smallest absolute Gasteiger partial charge is 0.251 e. The van der Waals surface area contributed by atoms with Crippen LogP contribution in [-0.2, 0) is 0 Å². The highest BCUT2D eigenvalue weighted by molar-refractivity contribution is 7.99. The lowest BCUT2D eigenvalue weighted by Gasteiger charge is -2.26. The highest BCUT2D eigenvalue weighted by Crippen LogP contribution is 2.37. The van der Waals surface area contributed by atoms with Crippen LogP contribution in [0.15, 0.2) is 47.4 Å². The summed E-state index contributed by atoms with van der Waals surface area (Å²) >= 11 is 1.50. The number of amides is 1. The van der Waals surface area contributed by atoms with Crippen LogP contribution in [0.1, 0.15) is 28.4 Å². The van der Waals surface area contributed by atoms with E-state index in [2.05, 4.69) is 5.32 Å². The Morgan fingerprint density at radius 3 is 2.77 bits per heavy atom. The van der Waals surface area contributed by atoms with Gasteiger partial charge in [0.25, 0.3) is 5.91 Å². The van der Waals surface area contributed by atoms with Gasteiger partial charge in [0, 0.05) is 16.2 Å². The van der Waals surface area contributed by atoms with Gasteiger partial charge in [0.1, 0.15) is 11.6 Å². The number of thioether (sulfide) groups is 1. The molecule has 1 heterocycles. The average molecular weight is 317 g/mol. The van der Waals surface area contributed by atoms with Crippen LogP contribution < -0.4 is 10.1 Å². The molecule has 1 aliphatic heterocycles. The van der Waals surface area contributed by atoms with E-state index in [4.69, 9.17) is 4.74 Å². The highest BCUT2D eigenvalue weighted by atomic mass is 32.2. The first kappa shape index (κ1) is 14.9. The van der Waals surface area contributed by atoms with Gasteiger partial charge in [-0.05, 0) is 42.3 Å². The fourth-order valence-electron chi connectivity index (χ4n) is 2.52. The molecule has 1 amide bonds. The first-order valence-electron chi connectivity index (χ1n) is 7.05. The van der Waals surface area contributed by atoms with E-state index in [0.29, 0.717) is 16.2 Å². The van der Waals surface area contributed by atoms with Crippen molar-refractivity contribution in [3.05, 3.63) is 59.4 Å². The molecule has 3 nitrogen and oxygen atoms in total. The molecule has 1 N–H and O–H groups in total. The van der Waals surface area contributed by atoms with Gasteiger partial charge in [0.05, 0.1) is 13.2 Å². The normalized spacial score (nSPS) is 16.7. The molecule has 2 aromatic rings. The van der Waals surface area contributed by atoms with Crippen LogP contribution in [0.3, 0.4) is 0 Å². The third-order valence-electron chi connectivity index (χ3n) is 3.68. The van der Waals surface area contributed by atoms with E-state index in [1.807, 2.05) is 6.07 Å². The van der Waals surface area contributed by atoms with Crippen LogP contribution in [-0.4, -0.2) is 18.8 Å². The van der Waals surface area contributed by atoms with Gasteiger partial charge in [-0.2, -0.15) is 0 Å². The Labute approximate surface area is 132 Å². The van der Waals surface area contributed by atoms with E-state index in [1.54, 1.807) is 37.4 Å². The first-order valence-corrected chi connectivity index (χ1v) is 8.03. The molecule has 0 aliphatic carbocycles. The molecule has 0 aromatic heterocycles. The van der Waals surface area contributed by atoms with Crippen molar-refractivity contribution in [3.63, 3.8) is 0 Å². The predicted octanol–water partition coefficient (Wildman–Crippen LogP) is 3.80. The molecule has 2 aromatic carbocycles. The van der Waals surface area contributed by atoms with Crippen molar-refractivity contribution in [2.24, 2.45) is 0 Å². The molecule has 0 saturated carbocycles. The molecule has 0 radical (unpaired) electrons. The minimum Gasteiger partial charge on any atom is -0.497 e. The monoisotopic (exact) mass is 317 g/mol. The van der Waals surface area contributed by atoms with Crippen LogP contribution in [0.2, 0.25) is 0 Å². The Morgan fingerprint density at radius 1 is 1.27 bits per heavy atom. The Balaban J connectivity index is 1.79. The Kier molecular flexibility index (Phi) is 4.34. The third kappa shape index (κ3) is 2.95. The van der Waals surface area contributed by atoms with Gasteiger partial charge in [0.15, 0.2) is 0 Å². The first-order chi connectivity index (χ1) is 10.7. The van der Waals surface area contributed by atoms with Gasteiger partial charge >= 0.3 is 0 Å². The number of halogens is 1. The zero-order valence-corrected chi connectivity index (χ0v) is 13.0. The number of hydrogen-bond donors (Lipinski definition) is 1. The van der Waals surface area contributed by atoms with Gasteiger partial charge in [-0.3, -0.25) is 4.79 Å². The lowest BCUT2D eigenvalue weighted by molar-refractivity contribution is 0.0934. The lowest BCUT2D eigenvalue weighted by Crippen LogP contribution is -2.30. The molecule has 114 valence electrons. The summed E-state index contributed by atoms with van der Waals surface area (Å²) in [5.74, 6) is 1.13. The summed E-state index contributed by atoms with van der Waals surface area (Å²) in [6.45, 7) is 0. The molecule has 0 spiro atoms. The maximum absolute atomic E-state index is 13.8. The summed E-state index contributed by atoms with van der Waals surface area (Å²) in [5.41, 5.74) is 1.43. The minimum atomic E-state index is -0.217. The van der Waals surface area contributed by atoms with Crippen LogP contribution in [0, 0.1) is 5.82 Å². The lowest BCUT2D eigenvalue weighted by atomic mass is 10.0. The van der Waals surface area contributed by atoms with Crippen LogP contribution in [0.5, 0.6) is 5.75 Å². The van der Waals surface area contributed by atoms with E-state index in [1.165, 1.54) is 17.8 Å². The Bertz CT molecular complexity index is 688. The number of nitrogens with one attached hydrogen (secondary N) is 1. The molecule has 1 atom stereocenters. The SMILES string of the molecule is COc1ccc(C(=O)N[C@@H]2CCSc3c(F)cccc32)cc1. The van der Waals surface area contributed by atoms with Crippen molar-refractivity contribution < 1.29 is 13.9 Å². The van der Waals surface area contributed by atoms with E-state index in [-0.39, 0.29) is 17.8 Å². The summed E-state index contributed by atoms with van der Waals surface area (Å²) in [6, 6.07) is 11.8. The summed E-state index contributed by atoms with van der Waals surface area (Å²) in [6.07, 6.45) is 0.795. The van der Waals surface area contributed by atoms with E-state index in [0.717, 1.165) is 17.7 Å². The quantitative estimate of drug-likeness (QED) is 0.936. The Hall–Kier alpha value is -2.01. The number of fused-ring (bicyclic) bond motifs is 1. The molecule has 0 fully saturated rings. The van der Waals surface area contributed by atoms with E-state index in [9.17, 15) is 9.18 Å². The zero-order valence-electron chi connectivity index (χ0n) is 12.1. The molecular formula is C17H16FNO2S. The Morgan fingerprint density at radius 2 is 2.05 bits per heavy atom. The number of rotatable bonds is 3. The second-order valence-corrected chi connectivity index (χ2v) is 6.16. The van der Waals surface area contributed by atoms with Crippen molar-refractivity contribution in [1.82, 2.24) is 5.32 Å². The fraction of sp³-hybridized carbons (Fsp3) is 0.235. The molecule has 3 rings (SSSR count). The van der Waals surface area contributed by atoms with Crippen molar-refractivity contribution in [3.8, 4) is 5.75 Å². The molecule has 5 heteroatoms. The third-order valence-corrected chi connectivity index (χ3v) is 4.84. The number of hydrogen-bond acceptors (Lipinski definition) is 3. The number of benzene rings is 2. The number of methoxy groups -OCH3 is 1. The summed E-state index contributed by atoms with van der Waals surface area (Å²) in [7, 11) is 1.58. The standard InChI is InChI=1S/C17H16FNO2S/c1-21-12-7-5-11(6-8-12)17(20)19-15-9-10-22-16-13(15)3-2-4-14(16)18/h2-8,15H,9-10H2,1H3,(H,19,20)/t15-/m1/s1. The summed E-state index contributed by atoms with van der Waals surface area (Å²) in [4.78, 5) is 13.0.